The first-order valence-corrected chi connectivity index (χ1v) is 5.59. The van der Waals surface area contributed by atoms with Crippen LogP contribution in [0.2, 0.25) is 0 Å². The molecule has 0 heterocycles. The number of hydrogen-bond donors (Lipinski definition) is 1. The maximum absolute atomic E-state index is 10.7. The van der Waals surface area contributed by atoms with Crippen LogP contribution in [0.4, 0.5) is 0 Å². The van der Waals surface area contributed by atoms with Gasteiger partial charge in [-0.2, -0.15) is 0 Å². The van der Waals surface area contributed by atoms with E-state index in [1.165, 1.54) is 0 Å². The van der Waals surface area contributed by atoms with Crippen molar-refractivity contribution < 1.29 is 9.90 Å². The van der Waals surface area contributed by atoms with Crippen molar-refractivity contribution in [3.8, 4) is 0 Å². The number of thioether (sulfide) groups is 1. The van der Waals surface area contributed by atoms with Crippen molar-refractivity contribution >= 4 is 33.7 Å². The number of benzene rings is 1. The van der Waals surface area contributed by atoms with Crippen LogP contribution < -0.4 is 0 Å². The zero-order chi connectivity index (χ0) is 9.84. The first kappa shape index (κ1) is 10.6. The zero-order valence-electron chi connectivity index (χ0n) is 7.08. The van der Waals surface area contributed by atoms with Crippen molar-refractivity contribution in [1.29, 1.82) is 0 Å². The molecule has 0 atom stereocenters. The third kappa shape index (κ3) is 2.48. The number of carboxylic acid groups (broad SMARTS) is 1. The van der Waals surface area contributed by atoms with E-state index in [9.17, 15) is 4.79 Å². The summed E-state index contributed by atoms with van der Waals surface area (Å²) in [4.78, 5) is 11.7. The monoisotopic (exact) mass is 260 g/mol. The summed E-state index contributed by atoms with van der Waals surface area (Å²) in [5.41, 5.74) is 0.318. The molecule has 0 aliphatic rings. The van der Waals surface area contributed by atoms with Crippen LogP contribution in [0.3, 0.4) is 0 Å². The van der Waals surface area contributed by atoms with Crippen LogP contribution in [0.15, 0.2) is 27.6 Å². The highest BCUT2D eigenvalue weighted by atomic mass is 79.9. The highest BCUT2D eigenvalue weighted by Crippen LogP contribution is 2.30. The molecule has 1 aromatic carbocycles. The molecule has 0 amide bonds. The van der Waals surface area contributed by atoms with Crippen LogP contribution >= 0.6 is 27.7 Å². The molecule has 13 heavy (non-hydrogen) atoms. The first-order valence-electron chi connectivity index (χ1n) is 3.81. The van der Waals surface area contributed by atoms with E-state index in [1.54, 1.807) is 23.9 Å². The minimum Gasteiger partial charge on any atom is -0.478 e. The van der Waals surface area contributed by atoms with Crippen molar-refractivity contribution in [2.24, 2.45) is 0 Å². The average molecular weight is 261 g/mol. The van der Waals surface area contributed by atoms with Crippen molar-refractivity contribution in [1.82, 2.24) is 0 Å². The van der Waals surface area contributed by atoms with Gasteiger partial charge in [0.05, 0.1) is 5.56 Å². The van der Waals surface area contributed by atoms with Gasteiger partial charge in [0, 0.05) is 9.37 Å². The molecule has 1 N–H and O–H groups in total. The van der Waals surface area contributed by atoms with Gasteiger partial charge in [0.25, 0.3) is 0 Å². The van der Waals surface area contributed by atoms with E-state index in [0.29, 0.717) is 10.0 Å². The van der Waals surface area contributed by atoms with E-state index >= 15 is 0 Å². The molecule has 0 bridgehead atoms. The molecule has 0 radical (unpaired) electrons. The Morgan fingerprint density at radius 1 is 1.62 bits per heavy atom. The van der Waals surface area contributed by atoms with Gasteiger partial charge in [-0.1, -0.05) is 13.0 Å². The van der Waals surface area contributed by atoms with E-state index in [2.05, 4.69) is 15.9 Å². The number of aromatic carboxylic acids is 1. The van der Waals surface area contributed by atoms with E-state index < -0.39 is 5.97 Å². The Balaban J connectivity index is 3.10. The fourth-order valence-corrected chi connectivity index (χ4v) is 2.44. The number of hydrogen-bond acceptors (Lipinski definition) is 2. The van der Waals surface area contributed by atoms with Gasteiger partial charge in [-0.25, -0.2) is 4.79 Å². The predicted molar refractivity (Wildman–Crippen MR) is 57.5 cm³/mol. The van der Waals surface area contributed by atoms with Crippen LogP contribution in [0.25, 0.3) is 0 Å². The summed E-state index contributed by atoms with van der Waals surface area (Å²) >= 11 is 4.90. The molecule has 0 saturated heterocycles. The Kier molecular flexibility index (Phi) is 3.81. The van der Waals surface area contributed by atoms with Crippen LogP contribution in [0.1, 0.15) is 17.3 Å². The van der Waals surface area contributed by atoms with E-state index in [-0.39, 0.29) is 0 Å². The summed E-state index contributed by atoms with van der Waals surface area (Å²) in [6, 6.07) is 5.25. The van der Waals surface area contributed by atoms with Crippen molar-refractivity contribution in [3.05, 3.63) is 28.2 Å². The van der Waals surface area contributed by atoms with Gasteiger partial charge >= 0.3 is 5.97 Å². The molecular weight excluding hydrogens is 252 g/mol. The SMILES string of the molecule is CCSc1cccc(C(=O)O)c1Br. The standard InChI is InChI=1S/C9H9BrO2S/c1-2-13-7-5-3-4-6(8(7)10)9(11)12/h3-5H,2H2,1H3,(H,11,12). The summed E-state index contributed by atoms with van der Waals surface area (Å²) in [7, 11) is 0. The van der Waals surface area contributed by atoms with Crippen molar-refractivity contribution in [3.63, 3.8) is 0 Å². The lowest BCUT2D eigenvalue weighted by molar-refractivity contribution is 0.0695. The largest absolute Gasteiger partial charge is 0.478 e. The van der Waals surface area contributed by atoms with Gasteiger partial charge in [0.15, 0.2) is 0 Å². The topological polar surface area (TPSA) is 37.3 Å². The maximum atomic E-state index is 10.7. The number of carboxylic acids is 1. The van der Waals surface area contributed by atoms with Crippen LogP contribution in [-0.2, 0) is 0 Å². The normalized spacial score (nSPS) is 10.0. The second kappa shape index (κ2) is 4.67. The molecule has 2 nitrogen and oxygen atoms in total. The van der Waals surface area contributed by atoms with Crippen LogP contribution in [0, 0.1) is 0 Å². The highest BCUT2D eigenvalue weighted by Gasteiger charge is 2.10. The molecule has 0 aliphatic heterocycles. The quantitative estimate of drug-likeness (QED) is 0.848. The lowest BCUT2D eigenvalue weighted by Gasteiger charge is -2.04. The van der Waals surface area contributed by atoms with Gasteiger partial charge < -0.3 is 5.11 Å². The third-order valence-corrected chi connectivity index (χ3v) is 3.55. The fraction of sp³-hybridized carbons (Fsp3) is 0.222. The molecule has 70 valence electrons. The molecule has 0 fully saturated rings. The first-order chi connectivity index (χ1) is 6.16. The van der Waals surface area contributed by atoms with Gasteiger partial charge in [-0.05, 0) is 33.8 Å². The van der Waals surface area contributed by atoms with E-state index in [4.69, 9.17) is 5.11 Å². The summed E-state index contributed by atoms with van der Waals surface area (Å²) in [5.74, 6) is 0.0345. The van der Waals surface area contributed by atoms with Gasteiger partial charge in [-0.15, -0.1) is 11.8 Å². The molecular formula is C9H9BrO2S. The Labute approximate surface area is 89.5 Å². The fourth-order valence-electron chi connectivity index (χ4n) is 0.943. The Morgan fingerprint density at radius 3 is 2.85 bits per heavy atom. The Bertz CT molecular complexity index is 325. The smallest absolute Gasteiger partial charge is 0.336 e. The lowest BCUT2D eigenvalue weighted by Crippen LogP contribution is -1.97. The number of carbonyl (C=O) groups is 1. The molecule has 4 heteroatoms. The number of rotatable bonds is 3. The summed E-state index contributed by atoms with van der Waals surface area (Å²) in [6.45, 7) is 2.03. The van der Waals surface area contributed by atoms with E-state index in [1.807, 2.05) is 13.0 Å². The second-order valence-electron chi connectivity index (χ2n) is 2.36. The summed E-state index contributed by atoms with van der Waals surface area (Å²) in [5, 5.41) is 8.82. The molecule has 0 spiro atoms. The van der Waals surface area contributed by atoms with Crippen LogP contribution in [-0.4, -0.2) is 16.8 Å². The van der Waals surface area contributed by atoms with Crippen molar-refractivity contribution in [2.75, 3.05) is 5.75 Å². The maximum Gasteiger partial charge on any atom is 0.336 e. The zero-order valence-corrected chi connectivity index (χ0v) is 9.48. The summed E-state index contributed by atoms with van der Waals surface area (Å²) < 4.78 is 0.675. The van der Waals surface area contributed by atoms with E-state index in [0.717, 1.165) is 10.6 Å². The predicted octanol–water partition coefficient (Wildman–Crippen LogP) is 3.26. The highest BCUT2D eigenvalue weighted by molar-refractivity contribution is 9.10. The van der Waals surface area contributed by atoms with Gasteiger partial charge in [0.2, 0.25) is 0 Å². The molecule has 0 aromatic heterocycles. The number of halogens is 1. The second-order valence-corrected chi connectivity index (χ2v) is 4.45. The van der Waals surface area contributed by atoms with Gasteiger partial charge in [0.1, 0.15) is 0 Å². The molecule has 1 aromatic rings. The third-order valence-electron chi connectivity index (χ3n) is 1.49. The average Bonchev–Trinajstić information content (AvgIpc) is 2.08. The molecule has 0 saturated carbocycles. The molecule has 0 unspecified atom stereocenters. The Hall–Kier alpha value is -0.480. The molecule has 1 rings (SSSR count). The van der Waals surface area contributed by atoms with Crippen LogP contribution in [0.5, 0.6) is 0 Å². The minimum absolute atomic E-state index is 0.318. The van der Waals surface area contributed by atoms with Gasteiger partial charge in [-0.3, -0.25) is 0 Å². The minimum atomic E-state index is -0.898. The van der Waals surface area contributed by atoms with Crippen molar-refractivity contribution in [2.45, 2.75) is 11.8 Å². The molecule has 0 aliphatic carbocycles. The lowest BCUT2D eigenvalue weighted by atomic mass is 10.2. The summed E-state index contributed by atoms with van der Waals surface area (Å²) in [6.07, 6.45) is 0. The Morgan fingerprint density at radius 2 is 2.31 bits per heavy atom.